The molecule has 2 aromatic carbocycles. The molecule has 2 heterocycles. The second-order valence-corrected chi connectivity index (χ2v) is 9.55. The van der Waals surface area contributed by atoms with Crippen molar-refractivity contribution in [3.63, 3.8) is 0 Å². The first-order chi connectivity index (χ1) is 18.2. The Hall–Kier alpha value is -3.20. The van der Waals surface area contributed by atoms with Gasteiger partial charge in [0.05, 0.1) is 24.4 Å². The minimum absolute atomic E-state index is 0.00284. The molecule has 0 radical (unpaired) electrons. The van der Waals surface area contributed by atoms with Gasteiger partial charge in [-0.15, -0.1) is 0 Å². The Kier molecular flexibility index (Phi) is 8.50. The number of rotatable bonds is 12. The molecule has 8 heteroatoms. The second-order valence-electron chi connectivity index (χ2n) is 9.55. The van der Waals surface area contributed by atoms with Crippen LogP contribution in [0.5, 0.6) is 11.5 Å². The minimum Gasteiger partial charge on any atom is -0.493 e. The fraction of sp³-hybridized carbons (Fsp3) is 0.448. The zero-order valence-corrected chi connectivity index (χ0v) is 21.3. The van der Waals surface area contributed by atoms with Crippen LogP contribution >= 0.6 is 0 Å². The Morgan fingerprint density at radius 1 is 1.05 bits per heavy atom. The summed E-state index contributed by atoms with van der Waals surface area (Å²) in [5, 5.41) is 4.32. The van der Waals surface area contributed by atoms with Crippen molar-refractivity contribution in [2.24, 2.45) is 0 Å². The van der Waals surface area contributed by atoms with E-state index in [1.807, 2.05) is 65.6 Å². The van der Waals surface area contributed by atoms with Crippen LogP contribution in [-0.4, -0.2) is 74.1 Å². The molecule has 1 saturated heterocycles. The molecule has 2 fully saturated rings. The number of fused-ring (bicyclic) bond motifs is 1. The Morgan fingerprint density at radius 2 is 1.86 bits per heavy atom. The van der Waals surface area contributed by atoms with Crippen LogP contribution in [0.3, 0.4) is 0 Å². The molecule has 1 aromatic heterocycles. The van der Waals surface area contributed by atoms with Crippen LogP contribution in [0, 0.1) is 0 Å². The smallest absolute Gasteiger partial charge is 0.253 e. The predicted molar refractivity (Wildman–Crippen MR) is 141 cm³/mol. The van der Waals surface area contributed by atoms with Crippen LogP contribution in [-0.2, 0) is 20.8 Å². The lowest BCUT2D eigenvalue weighted by Crippen LogP contribution is -2.54. The standard InChI is InChI=1S/C29H35N3O5/c1-34-14-7-15-35-27-16-21(31-26-11-6-5-10-25(26)27)19-32(22-12-13-22)29(33)28-18-30-17-24(37-28)20-36-23-8-3-2-4-9-23/h2-6,8-11,16,22,24,28,30H,7,12-15,17-20H2,1H3/t24-,28+/m0/s1. The number of aromatic nitrogens is 1. The van der Waals surface area contributed by atoms with Crippen molar-refractivity contribution >= 4 is 16.8 Å². The lowest BCUT2D eigenvalue weighted by molar-refractivity contribution is -0.153. The van der Waals surface area contributed by atoms with Crippen molar-refractivity contribution in [3.05, 3.63) is 66.4 Å². The Morgan fingerprint density at radius 3 is 2.68 bits per heavy atom. The summed E-state index contributed by atoms with van der Waals surface area (Å²) in [4.78, 5) is 20.4. The SMILES string of the molecule is COCCCOc1cc(CN(C(=O)[C@H]2CNC[C@@H](COc3ccccc3)O2)C2CC2)nc2ccccc12. The Bertz CT molecular complexity index is 1170. The van der Waals surface area contributed by atoms with Gasteiger partial charge in [0.25, 0.3) is 5.91 Å². The number of carbonyl (C=O) groups excluding carboxylic acids is 1. The minimum atomic E-state index is -0.552. The highest BCUT2D eigenvalue weighted by Gasteiger charge is 2.38. The number of benzene rings is 2. The van der Waals surface area contributed by atoms with Crippen LogP contribution in [0.1, 0.15) is 25.0 Å². The molecule has 1 aliphatic heterocycles. The van der Waals surface area contributed by atoms with Crippen molar-refractivity contribution in [1.82, 2.24) is 15.2 Å². The zero-order chi connectivity index (χ0) is 25.5. The van der Waals surface area contributed by atoms with Gasteiger partial charge in [0.15, 0.2) is 0 Å². The van der Waals surface area contributed by atoms with Crippen molar-refractivity contribution in [2.75, 3.05) is 40.0 Å². The maximum Gasteiger partial charge on any atom is 0.253 e. The maximum atomic E-state index is 13.6. The summed E-state index contributed by atoms with van der Waals surface area (Å²) in [7, 11) is 1.69. The highest BCUT2D eigenvalue weighted by atomic mass is 16.5. The molecule has 1 amide bonds. The van der Waals surface area contributed by atoms with Crippen molar-refractivity contribution < 1.29 is 23.7 Å². The van der Waals surface area contributed by atoms with E-state index in [1.165, 1.54) is 0 Å². The lowest BCUT2D eigenvalue weighted by Gasteiger charge is -2.33. The number of hydrogen-bond donors (Lipinski definition) is 1. The molecule has 196 valence electrons. The molecule has 1 aliphatic carbocycles. The first-order valence-electron chi connectivity index (χ1n) is 13.1. The van der Waals surface area contributed by atoms with Crippen LogP contribution < -0.4 is 14.8 Å². The van der Waals surface area contributed by atoms with Gasteiger partial charge in [-0.1, -0.05) is 30.3 Å². The summed E-state index contributed by atoms with van der Waals surface area (Å²) in [5.74, 6) is 1.58. The van der Waals surface area contributed by atoms with Gasteiger partial charge < -0.3 is 29.2 Å². The number of amides is 1. The van der Waals surface area contributed by atoms with Gasteiger partial charge in [0.2, 0.25) is 0 Å². The van der Waals surface area contributed by atoms with Gasteiger partial charge in [-0.2, -0.15) is 0 Å². The first kappa shape index (κ1) is 25.4. The van der Waals surface area contributed by atoms with E-state index < -0.39 is 6.10 Å². The molecular formula is C29H35N3O5. The molecule has 3 aromatic rings. The van der Waals surface area contributed by atoms with Gasteiger partial charge in [0, 0.05) is 50.7 Å². The number of ether oxygens (including phenoxy) is 4. The first-order valence-corrected chi connectivity index (χ1v) is 13.1. The van der Waals surface area contributed by atoms with E-state index in [1.54, 1.807) is 7.11 Å². The van der Waals surface area contributed by atoms with Gasteiger partial charge >= 0.3 is 0 Å². The number of hydrogen-bond acceptors (Lipinski definition) is 7. The maximum absolute atomic E-state index is 13.6. The van der Waals surface area contributed by atoms with E-state index >= 15 is 0 Å². The number of para-hydroxylation sites is 2. The van der Waals surface area contributed by atoms with E-state index in [4.69, 9.17) is 23.9 Å². The largest absolute Gasteiger partial charge is 0.493 e. The summed E-state index contributed by atoms with van der Waals surface area (Å²) >= 11 is 0. The number of methoxy groups -OCH3 is 1. The van der Waals surface area contributed by atoms with Crippen LogP contribution in [0.25, 0.3) is 10.9 Å². The summed E-state index contributed by atoms with van der Waals surface area (Å²) in [6.45, 7) is 3.15. The number of pyridine rings is 1. The van der Waals surface area contributed by atoms with Crippen molar-refractivity contribution in [1.29, 1.82) is 0 Å². The van der Waals surface area contributed by atoms with Gasteiger partial charge in [-0.05, 0) is 37.1 Å². The van der Waals surface area contributed by atoms with Crippen molar-refractivity contribution in [3.8, 4) is 11.5 Å². The highest BCUT2D eigenvalue weighted by Crippen LogP contribution is 2.32. The average Bonchev–Trinajstić information content (AvgIpc) is 3.79. The number of morpholine rings is 1. The van der Waals surface area contributed by atoms with E-state index in [0.717, 1.165) is 47.4 Å². The van der Waals surface area contributed by atoms with E-state index in [9.17, 15) is 4.79 Å². The summed E-state index contributed by atoms with van der Waals surface area (Å²) in [6, 6.07) is 19.8. The molecule has 37 heavy (non-hydrogen) atoms. The fourth-order valence-electron chi connectivity index (χ4n) is 4.57. The third kappa shape index (κ3) is 6.77. The summed E-state index contributed by atoms with van der Waals surface area (Å²) in [5.41, 5.74) is 1.67. The van der Waals surface area contributed by atoms with Gasteiger partial charge in [-0.25, -0.2) is 0 Å². The predicted octanol–water partition coefficient (Wildman–Crippen LogP) is 3.58. The summed E-state index contributed by atoms with van der Waals surface area (Å²) in [6.07, 6.45) is 2.05. The molecule has 8 nitrogen and oxygen atoms in total. The number of carbonyl (C=O) groups is 1. The third-order valence-electron chi connectivity index (χ3n) is 6.60. The van der Waals surface area contributed by atoms with Crippen LogP contribution in [0.2, 0.25) is 0 Å². The molecule has 0 unspecified atom stereocenters. The number of nitrogens with one attached hydrogen (secondary N) is 1. The van der Waals surface area contributed by atoms with E-state index in [0.29, 0.717) is 39.5 Å². The molecule has 2 aliphatic rings. The normalized spacial score (nSPS) is 19.5. The average molecular weight is 506 g/mol. The van der Waals surface area contributed by atoms with E-state index in [2.05, 4.69) is 5.32 Å². The molecule has 1 saturated carbocycles. The van der Waals surface area contributed by atoms with Crippen LogP contribution in [0.15, 0.2) is 60.7 Å². The highest BCUT2D eigenvalue weighted by molar-refractivity contribution is 5.85. The number of nitrogens with zero attached hydrogens (tertiary/aromatic N) is 2. The van der Waals surface area contributed by atoms with Crippen molar-refractivity contribution in [2.45, 2.75) is 44.1 Å². The topological polar surface area (TPSA) is 82.2 Å². The molecule has 1 N–H and O–H groups in total. The third-order valence-corrected chi connectivity index (χ3v) is 6.60. The molecule has 0 bridgehead atoms. The lowest BCUT2D eigenvalue weighted by atomic mass is 10.1. The Balaban J connectivity index is 1.26. The monoisotopic (exact) mass is 505 g/mol. The fourth-order valence-corrected chi connectivity index (χ4v) is 4.57. The molecular weight excluding hydrogens is 470 g/mol. The van der Waals surface area contributed by atoms with Gasteiger partial charge in [0.1, 0.15) is 30.3 Å². The molecule has 2 atom stereocenters. The summed E-state index contributed by atoms with van der Waals surface area (Å²) < 4.78 is 23.3. The quantitative estimate of drug-likeness (QED) is 0.377. The van der Waals surface area contributed by atoms with Crippen LogP contribution in [0.4, 0.5) is 0 Å². The second kappa shape index (κ2) is 12.4. The molecule has 0 spiro atoms. The Labute approximate surface area is 217 Å². The zero-order valence-electron chi connectivity index (χ0n) is 21.3. The molecule has 5 rings (SSSR count). The van der Waals surface area contributed by atoms with Gasteiger partial charge in [-0.3, -0.25) is 9.78 Å². The van der Waals surface area contributed by atoms with E-state index in [-0.39, 0.29) is 18.1 Å².